The molecule has 0 saturated carbocycles. The van der Waals surface area contributed by atoms with Gasteiger partial charge in [-0.1, -0.05) is 0 Å². The van der Waals surface area contributed by atoms with E-state index in [1.807, 2.05) is 0 Å². The molecule has 0 radical (unpaired) electrons. The Bertz CT molecular complexity index is 419. The number of hydrogen-bond acceptors (Lipinski definition) is 6. The van der Waals surface area contributed by atoms with Crippen LogP contribution in [-0.2, 0) is 29.1 Å². The first kappa shape index (κ1) is 14.9. The monoisotopic (exact) mass is 281 g/mol. The number of rotatable bonds is 6. The first-order chi connectivity index (χ1) is 8.34. The average molecular weight is 281 g/mol. The van der Waals surface area contributed by atoms with Crippen LogP contribution in [0.25, 0.3) is 0 Å². The third kappa shape index (κ3) is 4.59. The normalized spacial score (nSPS) is 23.8. The minimum absolute atomic E-state index is 0.0525. The molecule has 0 amide bonds. The van der Waals surface area contributed by atoms with Gasteiger partial charge in [-0.3, -0.25) is 4.79 Å². The van der Waals surface area contributed by atoms with Crippen molar-refractivity contribution in [1.29, 1.82) is 0 Å². The second-order valence-electron chi connectivity index (χ2n) is 3.85. The summed E-state index contributed by atoms with van der Waals surface area (Å²) < 4.78 is 34.3. The van der Waals surface area contributed by atoms with Crippen LogP contribution in [0, 0.1) is 0 Å². The van der Waals surface area contributed by atoms with Gasteiger partial charge in [0.05, 0.1) is 13.2 Å². The van der Waals surface area contributed by atoms with Crippen molar-refractivity contribution in [2.24, 2.45) is 0 Å². The van der Waals surface area contributed by atoms with E-state index in [1.165, 1.54) is 0 Å². The van der Waals surface area contributed by atoms with Gasteiger partial charge < -0.3 is 14.6 Å². The summed E-state index contributed by atoms with van der Waals surface area (Å²) in [5.74, 6) is -2.69. The maximum absolute atomic E-state index is 11.4. The van der Waals surface area contributed by atoms with Gasteiger partial charge >= 0.3 is 11.9 Å². The molecule has 0 aromatic carbocycles. The minimum Gasteiger partial charge on any atom is -0.479 e. The van der Waals surface area contributed by atoms with Crippen LogP contribution in [-0.4, -0.2) is 57.1 Å². The molecule has 0 aromatic heterocycles. The molecule has 1 fully saturated rings. The number of ether oxygens (including phenoxy) is 2. The van der Waals surface area contributed by atoms with Gasteiger partial charge in [0, 0.05) is 6.54 Å². The summed E-state index contributed by atoms with van der Waals surface area (Å²) in [5, 5.41) is 8.69. The third-order valence-electron chi connectivity index (χ3n) is 2.45. The summed E-state index contributed by atoms with van der Waals surface area (Å²) in [5.41, 5.74) is 0. The number of nitrogens with one attached hydrogen (secondary N) is 1. The van der Waals surface area contributed by atoms with Crippen LogP contribution in [0.5, 0.6) is 0 Å². The molecule has 8 nitrogen and oxygen atoms in total. The van der Waals surface area contributed by atoms with Crippen LogP contribution in [0.15, 0.2) is 0 Å². The first-order valence-corrected chi connectivity index (χ1v) is 6.91. The van der Waals surface area contributed by atoms with Gasteiger partial charge in [0.1, 0.15) is 0 Å². The average Bonchev–Trinajstić information content (AvgIpc) is 2.74. The Labute approximate surface area is 104 Å². The standard InChI is InChI=1S/C9H15NO7S/c1-16-8(11)5-18(14,15)10-4-6-2-3-7(17-6)9(12)13/h6-7,10H,2-5H2,1H3,(H,12,13). The van der Waals surface area contributed by atoms with E-state index >= 15 is 0 Å². The molecular formula is C9H15NO7S. The van der Waals surface area contributed by atoms with Crippen LogP contribution in [0.4, 0.5) is 0 Å². The van der Waals surface area contributed by atoms with Crippen LogP contribution in [0.3, 0.4) is 0 Å². The number of carboxylic acids is 1. The molecule has 1 saturated heterocycles. The van der Waals surface area contributed by atoms with Crippen molar-refractivity contribution in [2.45, 2.75) is 25.0 Å². The Morgan fingerprint density at radius 2 is 2.11 bits per heavy atom. The van der Waals surface area contributed by atoms with E-state index in [0.29, 0.717) is 12.8 Å². The molecule has 0 aromatic rings. The second-order valence-corrected chi connectivity index (χ2v) is 5.65. The Balaban J connectivity index is 2.38. The molecule has 18 heavy (non-hydrogen) atoms. The summed E-state index contributed by atoms with van der Waals surface area (Å²) in [6.07, 6.45) is -0.574. The fourth-order valence-electron chi connectivity index (χ4n) is 1.52. The van der Waals surface area contributed by atoms with Crippen molar-refractivity contribution in [3.63, 3.8) is 0 Å². The number of carbonyl (C=O) groups excluding carboxylic acids is 1. The van der Waals surface area contributed by atoms with Crippen molar-refractivity contribution in [3.8, 4) is 0 Å². The van der Waals surface area contributed by atoms with E-state index in [0.717, 1.165) is 7.11 Å². The minimum atomic E-state index is -3.77. The number of carboxylic acid groups (broad SMARTS) is 1. The fraction of sp³-hybridized carbons (Fsp3) is 0.778. The predicted molar refractivity (Wildman–Crippen MR) is 59.3 cm³/mol. The molecule has 0 bridgehead atoms. The number of sulfonamides is 1. The van der Waals surface area contributed by atoms with E-state index in [-0.39, 0.29) is 6.54 Å². The van der Waals surface area contributed by atoms with Gasteiger partial charge in [-0.05, 0) is 12.8 Å². The zero-order valence-electron chi connectivity index (χ0n) is 9.79. The van der Waals surface area contributed by atoms with Crippen LogP contribution >= 0.6 is 0 Å². The Kier molecular flexibility index (Phi) is 5.05. The maximum atomic E-state index is 11.4. The molecule has 9 heteroatoms. The van der Waals surface area contributed by atoms with Crippen LogP contribution < -0.4 is 4.72 Å². The number of carbonyl (C=O) groups is 2. The number of hydrogen-bond donors (Lipinski definition) is 2. The summed E-state index contributed by atoms with van der Waals surface area (Å²) in [6, 6.07) is 0. The lowest BCUT2D eigenvalue weighted by Crippen LogP contribution is -2.36. The van der Waals surface area contributed by atoms with E-state index in [9.17, 15) is 18.0 Å². The van der Waals surface area contributed by atoms with E-state index in [1.54, 1.807) is 0 Å². The highest BCUT2D eigenvalue weighted by Crippen LogP contribution is 2.19. The largest absolute Gasteiger partial charge is 0.479 e. The van der Waals surface area contributed by atoms with Crippen molar-refractivity contribution in [3.05, 3.63) is 0 Å². The molecule has 104 valence electrons. The maximum Gasteiger partial charge on any atom is 0.332 e. The van der Waals surface area contributed by atoms with Gasteiger partial charge in [-0.25, -0.2) is 17.9 Å². The molecule has 1 heterocycles. The molecule has 1 rings (SSSR count). The SMILES string of the molecule is COC(=O)CS(=O)(=O)NCC1CCC(C(=O)O)O1. The second kappa shape index (κ2) is 6.12. The van der Waals surface area contributed by atoms with Crippen molar-refractivity contribution < 1.29 is 32.6 Å². The Morgan fingerprint density at radius 3 is 2.61 bits per heavy atom. The number of aliphatic carboxylic acids is 1. The van der Waals surface area contributed by atoms with Crippen LogP contribution in [0.2, 0.25) is 0 Å². The number of esters is 1. The highest BCUT2D eigenvalue weighted by Gasteiger charge is 2.31. The summed E-state index contributed by atoms with van der Waals surface area (Å²) in [7, 11) is -2.68. The van der Waals surface area contributed by atoms with Gasteiger partial charge in [0.25, 0.3) is 0 Å². The summed E-state index contributed by atoms with van der Waals surface area (Å²) >= 11 is 0. The fourth-order valence-corrected chi connectivity index (χ4v) is 2.49. The lowest BCUT2D eigenvalue weighted by atomic mass is 10.2. The van der Waals surface area contributed by atoms with Gasteiger partial charge in [0.15, 0.2) is 11.9 Å². The molecule has 2 N–H and O–H groups in total. The van der Waals surface area contributed by atoms with Crippen molar-refractivity contribution in [2.75, 3.05) is 19.4 Å². The van der Waals surface area contributed by atoms with Crippen molar-refractivity contribution in [1.82, 2.24) is 4.72 Å². The highest BCUT2D eigenvalue weighted by molar-refractivity contribution is 7.90. The van der Waals surface area contributed by atoms with E-state index < -0.39 is 39.9 Å². The lowest BCUT2D eigenvalue weighted by molar-refractivity contribution is -0.149. The van der Waals surface area contributed by atoms with Crippen molar-refractivity contribution >= 4 is 22.0 Å². The quantitative estimate of drug-likeness (QED) is 0.581. The van der Waals surface area contributed by atoms with E-state index in [4.69, 9.17) is 9.84 Å². The zero-order valence-corrected chi connectivity index (χ0v) is 10.6. The predicted octanol–water partition coefficient (Wildman–Crippen LogP) is -1.29. The summed E-state index contributed by atoms with van der Waals surface area (Å²) in [6.45, 7) is -0.0525. The van der Waals surface area contributed by atoms with Gasteiger partial charge in [-0.2, -0.15) is 0 Å². The highest BCUT2D eigenvalue weighted by atomic mass is 32.2. The molecular weight excluding hydrogens is 266 g/mol. The van der Waals surface area contributed by atoms with Gasteiger partial charge in [-0.15, -0.1) is 0 Å². The van der Waals surface area contributed by atoms with E-state index in [2.05, 4.69) is 9.46 Å². The van der Waals surface area contributed by atoms with Gasteiger partial charge in [0.2, 0.25) is 10.0 Å². The summed E-state index contributed by atoms with van der Waals surface area (Å²) in [4.78, 5) is 21.4. The molecule has 0 spiro atoms. The zero-order chi connectivity index (χ0) is 13.8. The lowest BCUT2D eigenvalue weighted by Gasteiger charge is -2.12. The topological polar surface area (TPSA) is 119 Å². The molecule has 0 aliphatic carbocycles. The molecule has 1 aliphatic rings. The third-order valence-corrected chi connectivity index (χ3v) is 3.67. The molecule has 2 unspecified atom stereocenters. The van der Waals surface area contributed by atoms with Crippen LogP contribution in [0.1, 0.15) is 12.8 Å². The Morgan fingerprint density at radius 1 is 1.44 bits per heavy atom. The molecule has 1 aliphatic heterocycles. The first-order valence-electron chi connectivity index (χ1n) is 5.26. The smallest absolute Gasteiger partial charge is 0.332 e. The Hall–Kier alpha value is -1.19. The molecule has 2 atom stereocenters. The number of methoxy groups -OCH3 is 1.